The minimum absolute atomic E-state index is 0. The average Bonchev–Trinajstić information content (AvgIpc) is 2.40. The highest BCUT2D eigenvalue weighted by Gasteiger charge is 2.29. The summed E-state index contributed by atoms with van der Waals surface area (Å²) in [5.74, 6) is 0.437. The molecule has 2 rings (SSSR count). The fraction of sp³-hybridized carbons (Fsp3) is 0.917. The van der Waals surface area contributed by atoms with Gasteiger partial charge >= 0.3 is 0 Å². The molecule has 0 aromatic carbocycles. The van der Waals surface area contributed by atoms with E-state index in [-0.39, 0.29) is 30.3 Å². The first-order chi connectivity index (χ1) is 8.31. The molecule has 2 atom stereocenters. The standard InChI is InChI=1S/C12H22N2O3.ClH/c1-16-9-11-8-14(5-6-17-11)12(15)10-3-2-4-13-7-10;/h10-11,13H,2-9H2,1H3;1H. The molecule has 2 saturated heterocycles. The van der Waals surface area contributed by atoms with Gasteiger partial charge in [0.2, 0.25) is 5.91 Å². The molecule has 6 heteroatoms. The third-order valence-electron chi connectivity index (χ3n) is 3.45. The Labute approximate surface area is 115 Å². The molecule has 18 heavy (non-hydrogen) atoms. The predicted octanol–water partition coefficient (Wildman–Crippen LogP) is 0.282. The van der Waals surface area contributed by atoms with Crippen LogP contribution < -0.4 is 5.32 Å². The van der Waals surface area contributed by atoms with Crippen molar-refractivity contribution in [2.75, 3.05) is 46.5 Å². The van der Waals surface area contributed by atoms with E-state index >= 15 is 0 Å². The molecule has 1 N–H and O–H groups in total. The van der Waals surface area contributed by atoms with Crippen molar-refractivity contribution in [2.24, 2.45) is 5.92 Å². The van der Waals surface area contributed by atoms with Gasteiger partial charge in [-0.1, -0.05) is 0 Å². The first-order valence-electron chi connectivity index (χ1n) is 6.41. The average molecular weight is 279 g/mol. The number of amides is 1. The van der Waals surface area contributed by atoms with E-state index < -0.39 is 0 Å². The quantitative estimate of drug-likeness (QED) is 0.806. The highest BCUT2D eigenvalue weighted by atomic mass is 35.5. The van der Waals surface area contributed by atoms with E-state index in [1.807, 2.05) is 4.90 Å². The fourth-order valence-corrected chi connectivity index (χ4v) is 2.53. The topological polar surface area (TPSA) is 50.8 Å². The van der Waals surface area contributed by atoms with Crippen LogP contribution in [0.3, 0.4) is 0 Å². The van der Waals surface area contributed by atoms with Gasteiger partial charge in [0.15, 0.2) is 0 Å². The number of halogens is 1. The smallest absolute Gasteiger partial charge is 0.227 e. The Balaban J connectivity index is 0.00000162. The number of carbonyl (C=O) groups excluding carboxylic acids is 1. The highest BCUT2D eigenvalue weighted by molar-refractivity contribution is 5.85. The van der Waals surface area contributed by atoms with Crippen molar-refractivity contribution >= 4 is 18.3 Å². The van der Waals surface area contributed by atoms with Gasteiger partial charge < -0.3 is 19.7 Å². The van der Waals surface area contributed by atoms with Gasteiger partial charge in [-0.15, -0.1) is 12.4 Å². The van der Waals surface area contributed by atoms with Crippen LogP contribution in [0.5, 0.6) is 0 Å². The molecule has 0 spiro atoms. The molecule has 2 unspecified atom stereocenters. The maximum Gasteiger partial charge on any atom is 0.227 e. The lowest BCUT2D eigenvalue weighted by atomic mass is 9.98. The molecule has 0 bridgehead atoms. The van der Waals surface area contributed by atoms with Crippen LogP contribution in [0, 0.1) is 5.92 Å². The fourth-order valence-electron chi connectivity index (χ4n) is 2.53. The van der Waals surface area contributed by atoms with Crippen molar-refractivity contribution < 1.29 is 14.3 Å². The van der Waals surface area contributed by atoms with Crippen LogP contribution in [-0.4, -0.2) is 63.4 Å². The van der Waals surface area contributed by atoms with Crippen molar-refractivity contribution in [1.82, 2.24) is 10.2 Å². The monoisotopic (exact) mass is 278 g/mol. The van der Waals surface area contributed by atoms with Crippen molar-refractivity contribution in [3.63, 3.8) is 0 Å². The second-order valence-electron chi connectivity index (χ2n) is 4.78. The Morgan fingerprint density at radius 1 is 1.56 bits per heavy atom. The van der Waals surface area contributed by atoms with E-state index in [1.165, 1.54) is 0 Å². The van der Waals surface area contributed by atoms with Crippen molar-refractivity contribution in [1.29, 1.82) is 0 Å². The number of nitrogens with zero attached hydrogens (tertiary/aromatic N) is 1. The third-order valence-corrected chi connectivity index (χ3v) is 3.45. The summed E-state index contributed by atoms with van der Waals surface area (Å²) in [6.07, 6.45) is 2.15. The van der Waals surface area contributed by atoms with Gasteiger partial charge in [-0.3, -0.25) is 4.79 Å². The molecule has 2 fully saturated rings. The summed E-state index contributed by atoms with van der Waals surface area (Å²) in [6, 6.07) is 0. The minimum atomic E-state index is 0. The molecular weight excluding hydrogens is 256 g/mol. The van der Waals surface area contributed by atoms with Crippen LogP contribution in [0.1, 0.15) is 12.8 Å². The molecule has 0 saturated carbocycles. The van der Waals surface area contributed by atoms with Crippen molar-refractivity contribution in [3.05, 3.63) is 0 Å². The van der Waals surface area contributed by atoms with Crippen LogP contribution in [0.4, 0.5) is 0 Å². The maximum absolute atomic E-state index is 12.3. The van der Waals surface area contributed by atoms with E-state index in [0.29, 0.717) is 19.8 Å². The number of nitrogens with one attached hydrogen (secondary N) is 1. The summed E-state index contributed by atoms with van der Waals surface area (Å²) in [7, 11) is 1.66. The molecular formula is C12H23ClN2O3. The number of ether oxygens (including phenoxy) is 2. The van der Waals surface area contributed by atoms with E-state index in [9.17, 15) is 4.79 Å². The summed E-state index contributed by atoms with van der Waals surface area (Å²) in [5, 5.41) is 3.29. The first kappa shape index (κ1) is 15.7. The van der Waals surface area contributed by atoms with Gasteiger partial charge in [0.05, 0.1) is 25.2 Å². The molecule has 1 amide bonds. The van der Waals surface area contributed by atoms with Crippen molar-refractivity contribution in [3.8, 4) is 0 Å². The molecule has 2 aliphatic heterocycles. The van der Waals surface area contributed by atoms with Crippen LogP contribution in [0.2, 0.25) is 0 Å². The van der Waals surface area contributed by atoms with Gasteiger partial charge in [0, 0.05) is 26.7 Å². The number of carbonyl (C=O) groups is 1. The Bertz CT molecular complexity index is 258. The lowest BCUT2D eigenvalue weighted by Gasteiger charge is -2.35. The van der Waals surface area contributed by atoms with Gasteiger partial charge in [0.1, 0.15) is 0 Å². The van der Waals surface area contributed by atoms with Gasteiger partial charge in [-0.2, -0.15) is 0 Å². The SMILES string of the molecule is COCC1CN(C(=O)C2CCCNC2)CCO1.Cl. The zero-order chi connectivity index (χ0) is 12.1. The normalized spacial score (nSPS) is 28.6. The molecule has 0 radical (unpaired) electrons. The van der Waals surface area contributed by atoms with Crippen LogP contribution >= 0.6 is 12.4 Å². The van der Waals surface area contributed by atoms with Crippen LogP contribution in [0.25, 0.3) is 0 Å². The molecule has 2 aliphatic rings. The van der Waals surface area contributed by atoms with Crippen molar-refractivity contribution in [2.45, 2.75) is 18.9 Å². The lowest BCUT2D eigenvalue weighted by molar-refractivity contribution is -0.145. The zero-order valence-electron chi connectivity index (χ0n) is 10.9. The van der Waals surface area contributed by atoms with Gasteiger partial charge in [0.25, 0.3) is 0 Å². The predicted molar refractivity (Wildman–Crippen MR) is 71.0 cm³/mol. The number of hydrogen-bond donors (Lipinski definition) is 1. The summed E-state index contributed by atoms with van der Waals surface area (Å²) < 4.78 is 10.6. The molecule has 106 valence electrons. The minimum Gasteiger partial charge on any atom is -0.382 e. The number of morpholine rings is 1. The Morgan fingerprint density at radius 2 is 2.39 bits per heavy atom. The number of methoxy groups -OCH3 is 1. The summed E-state index contributed by atoms with van der Waals surface area (Å²) >= 11 is 0. The van der Waals surface area contributed by atoms with E-state index in [4.69, 9.17) is 9.47 Å². The van der Waals surface area contributed by atoms with Gasteiger partial charge in [-0.05, 0) is 19.4 Å². The number of piperidine rings is 1. The molecule has 0 aliphatic carbocycles. The third kappa shape index (κ3) is 4.09. The second-order valence-corrected chi connectivity index (χ2v) is 4.78. The molecule has 2 heterocycles. The summed E-state index contributed by atoms with van der Waals surface area (Å²) in [6.45, 7) is 4.44. The van der Waals surface area contributed by atoms with Gasteiger partial charge in [-0.25, -0.2) is 0 Å². The molecule has 0 aromatic rings. The Morgan fingerprint density at radius 3 is 3.06 bits per heavy atom. The number of rotatable bonds is 3. The maximum atomic E-state index is 12.3. The lowest BCUT2D eigenvalue weighted by Crippen LogP contribution is -2.51. The Hall–Kier alpha value is -0.360. The summed E-state index contributed by atoms with van der Waals surface area (Å²) in [5.41, 5.74) is 0. The van der Waals surface area contributed by atoms with Crippen LogP contribution in [0.15, 0.2) is 0 Å². The van der Waals surface area contributed by atoms with E-state index in [0.717, 1.165) is 32.5 Å². The molecule has 5 nitrogen and oxygen atoms in total. The second kappa shape index (κ2) is 7.94. The summed E-state index contributed by atoms with van der Waals surface area (Å²) in [4.78, 5) is 14.2. The first-order valence-corrected chi connectivity index (χ1v) is 6.41. The largest absolute Gasteiger partial charge is 0.382 e. The number of hydrogen-bond acceptors (Lipinski definition) is 4. The van der Waals surface area contributed by atoms with E-state index in [1.54, 1.807) is 7.11 Å². The highest BCUT2D eigenvalue weighted by Crippen LogP contribution is 2.16. The zero-order valence-corrected chi connectivity index (χ0v) is 11.7. The van der Waals surface area contributed by atoms with E-state index in [2.05, 4.69) is 5.32 Å². The van der Waals surface area contributed by atoms with Crippen LogP contribution in [-0.2, 0) is 14.3 Å². The Kier molecular flexibility index (Phi) is 6.92. The molecule has 0 aromatic heterocycles.